The van der Waals surface area contributed by atoms with Gasteiger partial charge in [0.15, 0.2) is 5.75 Å². The van der Waals surface area contributed by atoms with E-state index in [1.807, 2.05) is 0 Å². The molecule has 2 aromatic rings. The number of nitrogen functional groups attached to an aromatic ring is 1. The molecule has 0 saturated carbocycles. The van der Waals surface area contributed by atoms with Crippen molar-refractivity contribution in [1.82, 2.24) is 4.98 Å². The monoisotopic (exact) mass is 256 g/mol. The van der Waals surface area contributed by atoms with Gasteiger partial charge >= 0.3 is 0 Å². The minimum absolute atomic E-state index is 0.0391. The van der Waals surface area contributed by atoms with E-state index in [1.54, 1.807) is 0 Å². The molecule has 0 fully saturated rings. The van der Waals surface area contributed by atoms with Crippen LogP contribution >= 0.6 is 0 Å². The molecule has 0 spiro atoms. The summed E-state index contributed by atoms with van der Waals surface area (Å²) in [5, 5.41) is 9.65. The Morgan fingerprint density at radius 2 is 1.94 bits per heavy atom. The lowest BCUT2D eigenvalue weighted by Crippen LogP contribution is -2.11. The first-order valence-corrected chi connectivity index (χ1v) is 5.86. The van der Waals surface area contributed by atoms with Crippen molar-refractivity contribution >= 4 is 26.7 Å². The van der Waals surface area contributed by atoms with Crippen LogP contribution in [0.1, 0.15) is 0 Å². The zero-order valence-electron chi connectivity index (χ0n) is 8.34. The molecule has 0 aliphatic carbocycles. The van der Waals surface area contributed by atoms with E-state index in [2.05, 4.69) is 4.98 Å². The molecule has 0 amide bonds. The fourth-order valence-corrected chi connectivity index (χ4v) is 1.94. The summed E-state index contributed by atoms with van der Waals surface area (Å²) in [6, 6.07) is 3.37. The van der Waals surface area contributed by atoms with Gasteiger partial charge in [0.25, 0.3) is 15.7 Å². The van der Waals surface area contributed by atoms with Crippen molar-refractivity contribution in [3.05, 3.63) is 28.6 Å². The first kappa shape index (κ1) is 11.4. The van der Waals surface area contributed by atoms with Gasteiger partial charge in [-0.15, -0.1) is 0 Å². The highest BCUT2D eigenvalue weighted by Crippen LogP contribution is 2.28. The zero-order chi connectivity index (χ0) is 12.8. The number of pyridine rings is 1. The van der Waals surface area contributed by atoms with Crippen molar-refractivity contribution in [3.8, 4) is 5.75 Å². The Bertz CT molecular complexity index is 763. The average molecular weight is 256 g/mol. The number of aromatic amines is 1. The number of aromatic hydroxyl groups is 1. The highest BCUT2D eigenvalue weighted by Gasteiger charge is 2.14. The second kappa shape index (κ2) is 3.47. The molecule has 0 saturated heterocycles. The van der Waals surface area contributed by atoms with Crippen molar-refractivity contribution in [3.63, 3.8) is 0 Å². The van der Waals surface area contributed by atoms with Gasteiger partial charge in [0.2, 0.25) is 0 Å². The van der Waals surface area contributed by atoms with Crippen LogP contribution in [0.3, 0.4) is 0 Å². The molecule has 17 heavy (non-hydrogen) atoms. The lowest BCUT2D eigenvalue weighted by molar-refractivity contribution is 0.482. The van der Waals surface area contributed by atoms with Gasteiger partial charge in [0.1, 0.15) is 5.69 Å². The number of nitrogens with one attached hydrogen (secondary N) is 1. The molecule has 5 N–H and O–H groups in total. The molecule has 90 valence electrons. The molecule has 7 nitrogen and oxygen atoms in total. The zero-order valence-corrected chi connectivity index (χ0v) is 9.15. The van der Waals surface area contributed by atoms with Crippen molar-refractivity contribution in [2.75, 3.05) is 5.73 Å². The Hall–Kier alpha value is -2.06. The molecule has 1 heterocycles. The van der Waals surface area contributed by atoms with E-state index in [-0.39, 0.29) is 10.9 Å². The summed E-state index contributed by atoms with van der Waals surface area (Å²) in [6.45, 7) is 0. The molecule has 2 rings (SSSR count). The molecule has 0 aliphatic heterocycles. The highest BCUT2D eigenvalue weighted by molar-refractivity contribution is 7.85. The number of hydrogen-bond acceptors (Lipinski definition) is 5. The van der Waals surface area contributed by atoms with Gasteiger partial charge in [0, 0.05) is 5.39 Å². The molecule has 0 radical (unpaired) electrons. The summed E-state index contributed by atoms with van der Waals surface area (Å²) in [4.78, 5) is 13.2. The second-order valence-corrected chi connectivity index (χ2v) is 4.82. The van der Waals surface area contributed by atoms with Crippen LogP contribution in [0.2, 0.25) is 0 Å². The molecule has 0 atom stereocenters. The first-order valence-electron chi connectivity index (χ1n) is 4.42. The smallest absolute Gasteiger partial charge is 0.294 e. The molecule has 0 aliphatic rings. The number of anilines is 1. The average Bonchev–Trinajstić information content (AvgIpc) is 2.24. The van der Waals surface area contributed by atoms with Crippen molar-refractivity contribution < 1.29 is 18.1 Å². The van der Waals surface area contributed by atoms with E-state index >= 15 is 0 Å². The molecule has 8 heteroatoms. The standard InChI is InChI=1S/C9H8N2O5S/c10-7-8(12)5-3-4(17(14,15)16)1-2-6(5)11-9(7)13/h1-3H,10H2,(H2,11,12,13)(H,14,15,16). The quantitative estimate of drug-likeness (QED) is 0.533. The molecular formula is C9H8N2O5S. The number of aromatic nitrogens is 1. The van der Waals surface area contributed by atoms with E-state index < -0.39 is 32.0 Å². The highest BCUT2D eigenvalue weighted by atomic mass is 32.2. The van der Waals surface area contributed by atoms with Crippen LogP contribution in [-0.2, 0) is 10.1 Å². The Balaban J connectivity index is 2.92. The summed E-state index contributed by atoms with van der Waals surface area (Å²) < 4.78 is 30.7. The number of nitrogens with two attached hydrogens (primary N) is 1. The van der Waals surface area contributed by atoms with E-state index in [1.165, 1.54) is 6.07 Å². The topological polar surface area (TPSA) is 133 Å². The van der Waals surface area contributed by atoms with Crippen LogP contribution in [0.5, 0.6) is 5.75 Å². The predicted octanol–water partition coefficient (Wildman–Crippen LogP) is 0.0626. The Morgan fingerprint density at radius 3 is 2.53 bits per heavy atom. The van der Waals surface area contributed by atoms with Crippen molar-refractivity contribution in [1.29, 1.82) is 0 Å². The van der Waals surface area contributed by atoms with Gasteiger partial charge in [-0.05, 0) is 18.2 Å². The molecule has 1 aromatic carbocycles. The normalized spacial score (nSPS) is 11.8. The second-order valence-electron chi connectivity index (χ2n) is 3.40. The van der Waals surface area contributed by atoms with Crippen LogP contribution in [0, 0.1) is 0 Å². The fraction of sp³-hybridized carbons (Fsp3) is 0. The summed E-state index contributed by atoms with van der Waals surface area (Å²) >= 11 is 0. The third kappa shape index (κ3) is 1.83. The number of benzene rings is 1. The summed E-state index contributed by atoms with van der Waals surface area (Å²) in [5.74, 6) is -0.519. The van der Waals surface area contributed by atoms with E-state index in [4.69, 9.17) is 10.3 Å². The third-order valence-electron chi connectivity index (χ3n) is 2.29. The first-order chi connectivity index (χ1) is 7.80. The van der Waals surface area contributed by atoms with E-state index in [0.717, 1.165) is 12.1 Å². The lowest BCUT2D eigenvalue weighted by atomic mass is 10.2. The number of fused-ring (bicyclic) bond motifs is 1. The SMILES string of the molecule is Nc1c(O)c2cc(S(=O)(=O)O)ccc2[nH]c1=O. The Labute approximate surface area is 95.3 Å². The van der Waals surface area contributed by atoms with E-state index in [0.29, 0.717) is 0 Å². The maximum absolute atomic E-state index is 11.2. The lowest BCUT2D eigenvalue weighted by Gasteiger charge is -2.05. The molecule has 0 bridgehead atoms. The summed E-state index contributed by atoms with van der Waals surface area (Å²) in [6.07, 6.45) is 0. The predicted molar refractivity (Wildman–Crippen MR) is 60.5 cm³/mol. The summed E-state index contributed by atoms with van der Waals surface area (Å²) in [5.41, 5.74) is 4.43. The largest absolute Gasteiger partial charge is 0.505 e. The molecule has 1 aromatic heterocycles. The molecular weight excluding hydrogens is 248 g/mol. The van der Waals surface area contributed by atoms with Gasteiger partial charge in [0.05, 0.1) is 10.4 Å². The van der Waals surface area contributed by atoms with Crippen molar-refractivity contribution in [2.45, 2.75) is 4.90 Å². The van der Waals surface area contributed by atoms with Crippen LogP contribution in [-0.4, -0.2) is 23.1 Å². The van der Waals surface area contributed by atoms with Crippen molar-refractivity contribution in [2.24, 2.45) is 0 Å². The maximum Gasteiger partial charge on any atom is 0.294 e. The van der Waals surface area contributed by atoms with Gasteiger partial charge < -0.3 is 15.8 Å². The fourth-order valence-electron chi connectivity index (χ4n) is 1.43. The maximum atomic E-state index is 11.2. The minimum Gasteiger partial charge on any atom is -0.505 e. The van der Waals surface area contributed by atoms with E-state index in [9.17, 15) is 18.3 Å². The third-order valence-corrected chi connectivity index (χ3v) is 3.14. The molecule has 0 unspecified atom stereocenters. The summed E-state index contributed by atoms with van der Waals surface area (Å²) in [7, 11) is -4.38. The van der Waals surface area contributed by atoms with Crippen LogP contribution in [0.25, 0.3) is 10.9 Å². The van der Waals surface area contributed by atoms with Gasteiger partial charge in [-0.3, -0.25) is 9.35 Å². The number of hydrogen-bond donors (Lipinski definition) is 4. The Morgan fingerprint density at radius 1 is 1.29 bits per heavy atom. The Kier molecular flexibility index (Phi) is 2.33. The van der Waals surface area contributed by atoms with Gasteiger partial charge in [-0.2, -0.15) is 8.42 Å². The number of H-pyrrole nitrogens is 1. The van der Waals surface area contributed by atoms with Gasteiger partial charge in [-0.25, -0.2) is 0 Å². The minimum atomic E-state index is -4.38. The van der Waals surface area contributed by atoms with Crippen LogP contribution in [0.15, 0.2) is 27.9 Å². The van der Waals surface area contributed by atoms with Gasteiger partial charge in [-0.1, -0.05) is 0 Å². The van der Waals surface area contributed by atoms with Crippen LogP contribution < -0.4 is 11.3 Å². The number of rotatable bonds is 1. The van der Waals surface area contributed by atoms with Crippen LogP contribution in [0.4, 0.5) is 5.69 Å².